The highest BCUT2D eigenvalue weighted by atomic mass is 15.2. The second-order valence-corrected chi connectivity index (χ2v) is 14.1. The van der Waals surface area contributed by atoms with E-state index in [4.69, 9.17) is 0 Å². The Labute approximate surface area is 327 Å². The Morgan fingerprint density at radius 1 is 0.250 bits per heavy atom. The van der Waals surface area contributed by atoms with Gasteiger partial charge in [-0.25, -0.2) is 0 Å². The van der Waals surface area contributed by atoms with Crippen LogP contribution in [0.2, 0.25) is 0 Å². The van der Waals surface area contributed by atoms with Gasteiger partial charge in [0.1, 0.15) is 0 Å². The van der Waals surface area contributed by atoms with Crippen molar-refractivity contribution in [2.75, 3.05) is 9.80 Å². The molecule has 0 saturated heterocycles. The molecule has 0 fully saturated rings. The summed E-state index contributed by atoms with van der Waals surface area (Å²) >= 11 is 0. The van der Waals surface area contributed by atoms with Gasteiger partial charge in [-0.2, -0.15) is 0 Å². The van der Waals surface area contributed by atoms with E-state index in [9.17, 15) is 0 Å². The van der Waals surface area contributed by atoms with Gasteiger partial charge < -0.3 is 9.80 Å². The molecule has 2 nitrogen and oxygen atoms in total. The highest BCUT2D eigenvalue weighted by Crippen LogP contribution is 2.50. The van der Waals surface area contributed by atoms with Gasteiger partial charge in [-0.05, 0) is 81.2 Å². The standard InChI is InChI=1S/C54H38N2/c1-5-21-39(22-6-1)44-29-17-19-35-50(44)55(42-25-9-3-10-26-42)52-37-41-38-53(47-32-14-16-34-49(47)54(41)48-33-15-13-31-46(48)52)56(43-27-11-4-12-28-43)51-36-20-18-30-45(51)40-23-7-2-8-24-40/h1-38H. The molecule has 264 valence electrons. The maximum atomic E-state index is 2.44. The number of para-hydroxylation sites is 4. The molecule has 0 heterocycles. The lowest BCUT2D eigenvalue weighted by Gasteiger charge is -2.31. The quantitative estimate of drug-likeness (QED) is 0.145. The van der Waals surface area contributed by atoms with Crippen molar-refractivity contribution in [1.29, 1.82) is 0 Å². The van der Waals surface area contributed by atoms with E-state index >= 15 is 0 Å². The molecule has 0 aliphatic rings. The van der Waals surface area contributed by atoms with Crippen LogP contribution in [0.3, 0.4) is 0 Å². The molecule has 10 aromatic carbocycles. The van der Waals surface area contributed by atoms with Crippen molar-refractivity contribution >= 4 is 66.4 Å². The lowest BCUT2D eigenvalue weighted by molar-refractivity contribution is 1.29. The summed E-state index contributed by atoms with van der Waals surface area (Å²) in [5.74, 6) is 0. The lowest BCUT2D eigenvalue weighted by Crippen LogP contribution is -2.13. The fraction of sp³-hybridized carbons (Fsp3) is 0. The average Bonchev–Trinajstić information content (AvgIpc) is 3.28. The molecule has 0 spiro atoms. The largest absolute Gasteiger partial charge is 0.309 e. The monoisotopic (exact) mass is 714 g/mol. The van der Waals surface area contributed by atoms with Gasteiger partial charge in [0.15, 0.2) is 0 Å². The Morgan fingerprint density at radius 3 is 0.982 bits per heavy atom. The molecule has 0 aliphatic carbocycles. The third kappa shape index (κ3) is 5.85. The van der Waals surface area contributed by atoms with Gasteiger partial charge in [-0.15, -0.1) is 0 Å². The zero-order valence-electron chi connectivity index (χ0n) is 30.8. The van der Waals surface area contributed by atoms with Crippen molar-refractivity contribution in [3.8, 4) is 22.3 Å². The first-order valence-corrected chi connectivity index (χ1v) is 19.2. The van der Waals surface area contributed by atoms with Crippen LogP contribution >= 0.6 is 0 Å². The Hall–Kier alpha value is -7.42. The van der Waals surface area contributed by atoms with Crippen LogP contribution in [-0.4, -0.2) is 0 Å². The van der Waals surface area contributed by atoms with E-state index in [1.807, 2.05) is 0 Å². The summed E-state index contributed by atoms with van der Waals surface area (Å²) in [6.07, 6.45) is 0. The van der Waals surface area contributed by atoms with E-state index in [0.29, 0.717) is 0 Å². The second kappa shape index (κ2) is 14.4. The Balaban J connectivity index is 1.30. The van der Waals surface area contributed by atoms with Gasteiger partial charge in [0.25, 0.3) is 0 Å². The number of rotatable bonds is 8. The predicted octanol–water partition coefficient (Wildman–Crippen LogP) is 15.4. The highest BCUT2D eigenvalue weighted by molar-refractivity contribution is 6.26. The van der Waals surface area contributed by atoms with Crippen molar-refractivity contribution in [3.05, 3.63) is 231 Å². The van der Waals surface area contributed by atoms with Gasteiger partial charge in [-0.3, -0.25) is 0 Å². The average molecular weight is 715 g/mol. The predicted molar refractivity (Wildman–Crippen MR) is 239 cm³/mol. The molecule has 0 aromatic heterocycles. The molecule has 0 aliphatic heterocycles. The first kappa shape index (κ1) is 33.2. The van der Waals surface area contributed by atoms with E-state index < -0.39 is 0 Å². The Bertz CT molecular complexity index is 2760. The first-order chi connectivity index (χ1) is 27.8. The topological polar surface area (TPSA) is 6.48 Å². The van der Waals surface area contributed by atoms with Crippen LogP contribution in [0.25, 0.3) is 54.6 Å². The summed E-state index contributed by atoms with van der Waals surface area (Å²) in [4.78, 5) is 4.89. The van der Waals surface area contributed by atoms with Crippen LogP contribution in [0, 0.1) is 0 Å². The molecule has 0 unspecified atom stereocenters. The van der Waals surface area contributed by atoms with E-state index in [-0.39, 0.29) is 0 Å². The van der Waals surface area contributed by atoms with E-state index in [1.54, 1.807) is 0 Å². The van der Waals surface area contributed by atoms with Gasteiger partial charge in [0, 0.05) is 33.3 Å². The van der Waals surface area contributed by atoms with Gasteiger partial charge in [0.05, 0.1) is 22.7 Å². The minimum Gasteiger partial charge on any atom is -0.309 e. The molecule has 0 N–H and O–H groups in total. The van der Waals surface area contributed by atoms with Crippen LogP contribution in [0.5, 0.6) is 0 Å². The third-order valence-corrected chi connectivity index (χ3v) is 10.8. The fourth-order valence-electron chi connectivity index (χ4n) is 8.34. The summed E-state index contributed by atoms with van der Waals surface area (Å²) in [6, 6.07) is 83.1. The van der Waals surface area contributed by atoms with Crippen LogP contribution < -0.4 is 9.80 Å². The third-order valence-electron chi connectivity index (χ3n) is 10.8. The molecule has 0 atom stereocenters. The fourth-order valence-corrected chi connectivity index (χ4v) is 8.34. The molecular weight excluding hydrogens is 677 g/mol. The van der Waals surface area contributed by atoms with Crippen LogP contribution in [0.15, 0.2) is 231 Å². The number of fused-ring (bicyclic) bond motifs is 5. The van der Waals surface area contributed by atoms with Crippen molar-refractivity contribution in [3.63, 3.8) is 0 Å². The van der Waals surface area contributed by atoms with Crippen LogP contribution in [0.4, 0.5) is 34.1 Å². The molecule has 0 saturated carbocycles. The molecule has 0 radical (unpaired) electrons. The Morgan fingerprint density at radius 2 is 0.571 bits per heavy atom. The number of hydrogen-bond acceptors (Lipinski definition) is 2. The van der Waals surface area contributed by atoms with Crippen molar-refractivity contribution < 1.29 is 0 Å². The first-order valence-electron chi connectivity index (χ1n) is 19.2. The second-order valence-electron chi connectivity index (χ2n) is 14.1. The Kier molecular flexibility index (Phi) is 8.55. The number of benzene rings is 10. The molecule has 0 bridgehead atoms. The molecule has 10 rings (SSSR count). The van der Waals surface area contributed by atoms with Gasteiger partial charge >= 0.3 is 0 Å². The van der Waals surface area contributed by atoms with E-state index in [1.165, 1.54) is 54.6 Å². The molecule has 56 heavy (non-hydrogen) atoms. The van der Waals surface area contributed by atoms with E-state index in [2.05, 4.69) is 240 Å². The summed E-state index contributed by atoms with van der Waals surface area (Å²) in [5, 5.41) is 7.24. The number of anilines is 6. The summed E-state index contributed by atoms with van der Waals surface area (Å²) < 4.78 is 0. The summed E-state index contributed by atoms with van der Waals surface area (Å²) in [7, 11) is 0. The maximum absolute atomic E-state index is 2.44. The zero-order chi connectivity index (χ0) is 37.3. The lowest BCUT2D eigenvalue weighted by atomic mass is 9.92. The normalized spacial score (nSPS) is 11.2. The van der Waals surface area contributed by atoms with Crippen molar-refractivity contribution in [1.82, 2.24) is 0 Å². The molecular formula is C54H38N2. The number of hydrogen-bond donors (Lipinski definition) is 0. The van der Waals surface area contributed by atoms with Gasteiger partial charge in [0.2, 0.25) is 0 Å². The number of nitrogens with zero attached hydrogens (tertiary/aromatic N) is 2. The minimum atomic E-state index is 1.10. The SMILES string of the molecule is c1ccc(-c2ccccc2N(c2ccccc2)c2cc3cc(N(c4ccccc4)c4ccccc4-c4ccccc4)c4ccccc4c3c3ccccc23)cc1. The van der Waals surface area contributed by atoms with Crippen LogP contribution in [-0.2, 0) is 0 Å². The molecule has 0 amide bonds. The highest BCUT2D eigenvalue weighted by Gasteiger charge is 2.24. The molecule has 10 aromatic rings. The zero-order valence-corrected chi connectivity index (χ0v) is 30.8. The van der Waals surface area contributed by atoms with Gasteiger partial charge in [-0.1, -0.05) is 182 Å². The summed E-state index contributed by atoms with van der Waals surface area (Å²) in [6.45, 7) is 0. The summed E-state index contributed by atoms with van der Waals surface area (Å²) in [5.41, 5.74) is 11.4. The maximum Gasteiger partial charge on any atom is 0.0546 e. The van der Waals surface area contributed by atoms with Crippen molar-refractivity contribution in [2.45, 2.75) is 0 Å². The molecule has 2 heteroatoms. The van der Waals surface area contributed by atoms with E-state index in [0.717, 1.165) is 34.1 Å². The van der Waals surface area contributed by atoms with Crippen LogP contribution in [0.1, 0.15) is 0 Å². The smallest absolute Gasteiger partial charge is 0.0546 e. The minimum absolute atomic E-state index is 1.10. The van der Waals surface area contributed by atoms with Crippen molar-refractivity contribution in [2.24, 2.45) is 0 Å².